The first-order valence-corrected chi connectivity index (χ1v) is 12.3. The molecule has 11 heteroatoms. The fourth-order valence-corrected chi connectivity index (χ4v) is 5.24. The number of carbonyl (C=O) groups is 2. The van der Waals surface area contributed by atoms with E-state index in [2.05, 4.69) is 15.9 Å². The molecular weight excluding hydrogens is 546 g/mol. The van der Waals surface area contributed by atoms with Crippen molar-refractivity contribution in [1.29, 1.82) is 0 Å². The van der Waals surface area contributed by atoms with Gasteiger partial charge in [-0.2, -0.15) is 0 Å². The second-order valence-electron chi connectivity index (χ2n) is 7.04. The summed E-state index contributed by atoms with van der Waals surface area (Å²) in [7, 11) is 1.64. The largest absolute Gasteiger partial charge is 0.462 e. The van der Waals surface area contributed by atoms with Gasteiger partial charge in [0.1, 0.15) is 22.9 Å². The van der Waals surface area contributed by atoms with Crippen molar-refractivity contribution in [3.05, 3.63) is 80.9 Å². The molecule has 1 aromatic heterocycles. The second-order valence-corrected chi connectivity index (χ2v) is 8.60. The zero-order valence-corrected chi connectivity index (χ0v) is 21.6. The van der Waals surface area contributed by atoms with Crippen molar-refractivity contribution in [2.45, 2.75) is 25.7 Å². The Labute approximate surface area is 213 Å². The van der Waals surface area contributed by atoms with Crippen LogP contribution in [0.15, 0.2) is 42.5 Å². The number of carbonyl (C=O) groups excluding carboxylic acids is 2. The van der Waals surface area contributed by atoms with Gasteiger partial charge < -0.3 is 14.4 Å². The number of aldehydes is 1. The van der Waals surface area contributed by atoms with E-state index in [1.165, 1.54) is 48.6 Å². The van der Waals surface area contributed by atoms with Crippen molar-refractivity contribution in [3.63, 3.8) is 0 Å². The molecule has 3 rings (SSSR count). The highest BCUT2D eigenvalue weighted by atomic mass is 79.9. The van der Waals surface area contributed by atoms with Crippen molar-refractivity contribution < 1.29 is 28.0 Å². The van der Waals surface area contributed by atoms with Gasteiger partial charge in [0.25, 0.3) is 5.69 Å². The molecule has 0 fully saturated rings. The van der Waals surface area contributed by atoms with Crippen LogP contribution in [0, 0.1) is 21.7 Å². The number of alkyl halides is 1. The van der Waals surface area contributed by atoms with Crippen LogP contribution in [0.4, 0.5) is 19.5 Å². The van der Waals surface area contributed by atoms with Gasteiger partial charge in [0.2, 0.25) is 0 Å². The number of nitrogens with zero attached hydrogens (tertiary/aromatic N) is 2. The summed E-state index contributed by atoms with van der Waals surface area (Å²) in [5, 5.41) is 11.8. The lowest BCUT2D eigenvalue weighted by molar-refractivity contribution is -0.384. The van der Waals surface area contributed by atoms with E-state index in [1.54, 1.807) is 31.0 Å². The Morgan fingerprint density at radius 1 is 1.17 bits per heavy atom. The molecule has 3 aromatic rings. The fraction of sp³-hybridized carbons (Fsp3) is 0.250. The van der Waals surface area contributed by atoms with Crippen molar-refractivity contribution in [3.8, 4) is 10.4 Å². The summed E-state index contributed by atoms with van der Waals surface area (Å²) in [4.78, 5) is 34.4. The monoisotopic (exact) mass is 568 g/mol. The first kappa shape index (κ1) is 28.1. The van der Waals surface area contributed by atoms with Gasteiger partial charge in [-0.05, 0) is 49.2 Å². The molecule has 0 saturated heterocycles. The third-order valence-electron chi connectivity index (χ3n) is 4.75. The number of benzene rings is 2. The van der Waals surface area contributed by atoms with Crippen molar-refractivity contribution >= 4 is 50.2 Å². The van der Waals surface area contributed by atoms with Gasteiger partial charge in [-0.15, -0.1) is 11.3 Å². The number of thiophene rings is 1. The summed E-state index contributed by atoms with van der Waals surface area (Å²) in [6, 6.07) is 9.62. The summed E-state index contributed by atoms with van der Waals surface area (Å²) in [5.41, 5.74) is 1.44. The average Bonchev–Trinajstić information content (AvgIpc) is 3.22. The molecule has 1 heterocycles. The maximum atomic E-state index is 14.2. The smallest absolute Gasteiger partial charge is 0.341 e. The minimum atomic E-state index is -0.678. The summed E-state index contributed by atoms with van der Waals surface area (Å²) in [5.74, 6) is -1.91. The van der Waals surface area contributed by atoms with Crippen LogP contribution in [-0.2, 0) is 21.4 Å². The molecule has 0 saturated carbocycles. The van der Waals surface area contributed by atoms with Crippen molar-refractivity contribution in [1.82, 2.24) is 0 Å². The van der Waals surface area contributed by atoms with Crippen LogP contribution in [0.2, 0.25) is 0 Å². The number of non-ortho nitro benzene ring substituents is 1. The first-order valence-electron chi connectivity index (χ1n) is 10.4. The number of anilines is 1. The SMILES string of the molecule is CC=O.CCOC(=O)c1c(N(C)Cc2c(F)cccc2F)sc(-c2ccc([N+](=O)[O-])cc2)c1CBr. The Hall–Kier alpha value is -3.18. The standard InChI is InChI=1S/C22H19BrF2N2O4S.C2H4O/c1-3-31-22(28)19-15(11-23)20(13-7-9-14(10-8-13)27(29)30)32-21(19)26(2)12-16-17(24)5-4-6-18(16)25;1-2-3/h4-10H,3,11-12H2,1-2H3;2H,1H3. The molecule has 2 aromatic carbocycles. The lowest BCUT2D eigenvalue weighted by Crippen LogP contribution is -2.20. The van der Waals surface area contributed by atoms with Gasteiger partial charge in [-0.3, -0.25) is 10.1 Å². The Balaban J connectivity index is 0.00000137. The maximum Gasteiger partial charge on any atom is 0.341 e. The Bertz CT molecular complexity index is 1180. The molecule has 35 heavy (non-hydrogen) atoms. The van der Waals surface area contributed by atoms with E-state index in [0.717, 1.165) is 6.29 Å². The highest BCUT2D eigenvalue weighted by molar-refractivity contribution is 9.08. The molecule has 0 bridgehead atoms. The molecule has 0 amide bonds. The minimum absolute atomic E-state index is 0.0521. The van der Waals surface area contributed by atoms with Crippen LogP contribution in [0.5, 0.6) is 0 Å². The first-order chi connectivity index (χ1) is 16.7. The topological polar surface area (TPSA) is 89.8 Å². The van der Waals surface area contributed by atoms with Crippen LogP contribution in [0.3, 0.4) is 0 Å². The molecule has 0 atom stereocenters. The third-order valence-corrected chi connectivity index (χ3v) is 6.70. The van der Waals surface area contributed by atoms with E-state index in [0.29, 0.717) is 31.9 Å². The summed E-state index contributed by atoms with van der Waals surface area (Å²) in [6.45, 7) is 3.19. The molecule has 186 valence electrons. The number of nitro groups is 1. The lowest BCUT2D eigenvalue weighted by atomic mass is 10.1. The molecule has 0 N–H and O–H groups in total. The summed E-state index contributed by atoms with van der Waals surface area (Å²) in [6.07, 6.45) is 0.750. The molecule has 0 aliphatic heterocycles. The molecule has 0 aliphatic rings. The molecule has 0 spiro atoms. The predicted octanol–water partition coefficient (Wildman–Crippen LogP) is 6.51. The van der Waals surface area contributed by atoms with Crippen LogP contribution in [0.25, 0.3) is 10.4 Å². The number of esters is 1. The Morgan fingerprint density at radius 3 is 2.23 bits per heavy atom. The number of nitro benzene ring substituents is 1. The zero-order valence-electron chi connectivity index (χ0n) is 19.2. The zero-order chi connectivity index (χ0) is 26.1. The normalized spacial score (nSPS) is 10.2. The average molecular weight is 569 g/mol. The Kier molecular flexibility index (Phi) is 10.5. The van der Waals surface area contributed by atoms with Gasteiger partial charge in [0.05, 0.1) is 17.1 Å². The predicted molar refractivity (Wildman–Crippen MR) is 135 cm³/mol. The number of rotatable bonds is 8. The van der Waals surface area contributed by atoms with Crippen LogP contribution < -0.4 is 4.90 Å². The summed E-state index contributed by atoms with van der Waals surface area (Å²) < 4.78 is 33.7. The van der Waals surface area contributed by atoms with Gasteiger partial charge >= 0.3 is 5.97 Å². The van der Waals surface area contributed by atoms with Gasteiger partial charge in [-0.25, -0.2) is 13.6 Å². The molecular formula is C24H23BrF2N2O5S. The van der Waals surface area contributed by atoms with E-state index in [9.17, 15) is 23.7 Å². The number of hydrogen-bond donors (Lipinski definition) is 0. The third kappa shape index (κ3) is 6.70. The molecule has 0 aliphatic carbocycles. The van der Waals surface area contributed by atoms with E-state index in [-0.39, 0.29) is 24.4 Å². The van der Waals surface area contributed by atoms with Crippen LogP contribution in [0.1, 0.15) is 35.3 Å². The number of ether oxygens (including phenoxy) is 1. The van der Waals surface area contributed by atoms with E-state index >= 15 is 0 Å². The summed E-state index contributed by atoms with van der Waals surface area (Å²) >= 11 is 4.67. The fourth-order valence-electron chi connectivity index (χ4n) is 3.22. The second kappa shape index (κ2) is 13.1. The highest BCUT2D eigenvalue weighted by Crippen LogP contribution is 2.44. The highest BCUT2D eigenvalue weighted by Gasteiger charge is 2.28. The molecule has 0 unspecified atom stereocenters. The van der Waals surface area contributed by atoms with Crippen molar-refractivity contribution in [2.24, 2.45) is 0 Å². The number of halogens is 3. The van der Waals surface area contributed by atoms with E-state index in [4.69, 9.17) is 9.53 Å². The van der Waals surface area contributed by atoms with Gasteiger partial charge in [-0.1, -0.05) is 22.0 Å². The minimum Gasteiger partial charge on any atom is -0.462 e. The lowest BCUT2D eigenvalue weighted by Gasteiger charge is -2.20. The van der Waals surface area contributed by atoms with Crippen LogP contribution in [-0.4, -0.2) is 30.8 Å². The maximum absolute atomic E-state index is 14.2. The Morgan fingerprint density at radius 2 is 1.74 bits per heavy atom. The van der Waals surface area contributed by atoms with E-state index < -0.39 is 22.5 Å². The number of hydrogen-bond acceptors (Lipinski definition) is 7. The van der Waals surface area contributed by atoms with Crippen LogP contribution >= 0.6 is 27.3 Å². The van der Waals surface area contributed by atoms with Gasteiger partial charge in [0, 0.05) is 41.5 Å². The molecule has 0 radical (unpaired) electrons. The quantitative estimate of drug-likeness (QED) is 0.101. The van der Waals surface area contributed by atoms with Gasteiger partial charge in [0.15, 0.2) is 0 Å². The van der Waals surface area contributed by atoms with E-state index in [1.807, 2.05) is 0 Å². The molecule has 7 nitrogen and oxygen atoms in total. The van der Waals surface area contributed by atoms with Crippen molar-refractivity contribution in [2.75, 3.05) is 18.6 Å².